The van der Waals surface area contributed by atoms with Crippen molar-refractivity contribution in [3.63, 3.8) is 0 Å². The average molecular weight is 195 g/mol. The van der Waals surface area contributed by atoms with Crippen LogP contribution in [0.25, 0.3) is 0 Å². The van der Waals surface area contributed by atoms with E-state index in [2.05, 4.69) is 0 Å². The molecule has 2 unspecified atom stereocenters. The predicted molar refractivity (Wildman–Crippen MR) is 53.6 cm³/mol. The zero-order valence-electron chi connectivity index (χ0n) is 7.95. The van der Waals surface area contributed by atoms with Crippen LogP contribution in [0.15, 0.2) is 24.3 Å². The van der Waals surface area contributed by atoms with Crippen LogP contribution in [-0.2, 0) is 4.74 Å². The van der Waals surface area contributed by atoms with Crippen LogP contribution in [0.4, 0.5) is 10.1 Å². The van der Waals surface area contributed by atoms with Gasteiger partial charge in [-0.2, -0.15) is 0 Å². The van der Waals surface area contributed by atoms with E-state index in [0.29, 0.717) is 24.5 Å². The summed E-state index contributed by atoms with van der Waals surface area (Å²) in [5.74, 6) is -0.00296. The van der Waals surface area contributed by atoms with Gasteiger partial charge in [0.25, 0.3) is 0 Å². The summed E-state index contributed by atoms with van der Waals surface area (Å²) >= 11 is 0. The summed E-state index contributed by atoms with van der Waals surface area (Å²) in [5.41, 5.74) is 6.88. The third-order valence-corrected chi connectivity index (χ3v) is 2.61. The summed E-state index contributed by atoms with van der Waals surface area (Å²) in [6, 6.07) is 7.02. The molecule has 1 aliphatic heterocycles. The highest BCUT2D eigenvalue weighted by atomic mass is 19.1. The van der Waals surface area contributed by atoms with Gasteiger partial charge in [0, 0.05) is 18.2 Å². The van der Waals surface area contributed by atoms with Crippen LogP contribution in [0.1, 0.15) is 18.2 Å². The largest absolute Gasteiger partial charge is 0.399 e. The molecule has 3 heteroatoms. The number of ether oxygens (including phenoxy) is 1. The SMILES string of the molecule is Nc1cccc(C(F)C2CCOC2)c1. The molecule has 1 aromatic carbocycles. The van der Waals surface area contributed by atoms with Crippen molar-refractivity contribution in [1.29, 1.82) is 0 Å². The van der Waals surface area contributed by atoms with Crippen molar-refractivity contribution in [3.05, 3.63) is 29.8 Å². The fourth-order valence-corrected chi connectivity index (χ4v) is 1.79. The second-order valence-corrected chi connectivity index (χ2v) is 3.70. The standard InChI is InChI=1S/C11H14FNO/c12-11(9-4-5-14-7-9)8-2-1-3-10(13)6-8/h1-3,6,9,11H,4-5,7,13H2. The lowest BCUT2D eigenvalue weighted by Gasteiger charge is -2.14. The number of halogens is 1. The number of alkyl halides is 1. The number of rotatable bonds is 2. The molecule has 0 radical (unpaired) electrons. The third-order valence-electron chi connectivity index (χ3n) is 2.61. The van der Waals surface area contributed by atoms with Crippen molar-refractivity contribution in [2.24, 2.45) is 5.92 Å². The van der Waals surface area contributed by atoms with E-state index in [9.17, 15) is 4.39 Å². The van der Waals surface area contributed by atoms with Gasteiger partial charge >= 0.3 is 0 Å². The molecule has 1 fully saturated rings. The van der Waals surface area contributed by atoms with Crippen LogP contribution in [0.2, 0.25) is 0 Å². The van der Waals surface area contributed by atoms with Gasteiger partial charge in [-0.15, -0.1) is 0 Å². The summed E-state index contributed by atoms with van der Waals surface area (Å²) in [5, 5.41) is 0. The maximum Gasteiger partial charge on any atom is 0.130 e. The lowest BCUT2D eigenvalue weighted by molar-refractivity contribution is 0.155. The molecular weight excluding hydrogens is 181 g/mol. The third kappa shape index (κ3) is 1.87. The lowest BCUT2D eigenvalue weighted by Crippen LogP contribution is -2.08. The first kappa shape index (κ1) is 9.46. The molecule has 2 rings (SSSR count). The summed E-state index contributed by atoms with van der Waals surface area (Å²) in [6.07, 6.45) is -0.142. The fourth-order valence-electron chi connectivity index (χ4n) is 1.79. The van der Waals surface area contributed by atoms with Crippen molar-refractivity contribution < 1.29 is 9.13 Å². The molecular formula is C11H14FNO. The number of nitrogen functional groups attached to an aromatic ring is 1. The van der Waals surface area contributed by atoms with E-state index in [1.54, 1.807) is 24.3 Å². The molecule has 2 N–H and O–H groups in total. The van der Waals surface area contributed by atoms with E-state index in [1.165, 1.54) is 0 Å². The number of nitrogens with two attached hydrogens (primary N) is 1. The van der Waals surface area contributed by atoms with Crippen LogP contribution in [0.5, 0.6) is 0 Å². The first-order valence-electron chi connectivity index (χ1n) is 4.84. The molecule has 0 amide bonds. The van der Waals surface area contributed by atoms with E-state index in [-0.39, 0.29) is 5.92 Å². The molecule has 0 saturated carbocycles. The Morgan fingerprint density at radius 3 is 3.00 bits per heavy atom. The highest BCUT2D eigenvalue weighted by Gasteiger charge is 2.26. The molecule has 2 atom stereocenters. The Labute approximate surface area is 82.9 Å². The van der Waals surface area contributed by atoms with Gasteiger partial charge in [0.15, 0.2) is 0 Å². The van der Waals surface area contributed by atoms with Crippen molar-refractivity contribution >= 4 is 5.69 Å². The van der Waals surface area contributed by atoms with Gasteiger partial charge in [0.2, 0.25) is 0 Å². The van der Waals surface area contributed by atoms with Gasteiger partial charge in [0.05, 0.1) is 6.61 Å². The van der Waals surface area contributed by atoms with Crippen molar-refractivity contribution in [2.75, 3.05) is 18.9 Å². The molecule has 1 saturated heterocycles. The van der Waals surface area contributed by atoms with Crippen molar-refractivity contribution in [2.45, 2.75) is 12.6 Å². The Morgan fingerprint density at radius 1 is 1.50 bits per heavy atom. The van der Waals surface area contributed by atoms with E-state index in [0.717, 1.165) is 6.42 Å². The second kappa shape index (κ2) is 3.96. The van der Waals surface area contributed by atoms with Gasteiger partial charge in [-0.05, 0) is 24.1 Å². The van der Waals surface area contributed by atoms with E-state index >= 15 is 0 Å². The van der Waals surface area contributed by atoms with Crippen LogP contribution >= 0.6 is 0 Å². The molecule has 1 aromatic rings. The van der Waals surface area contributed by atoms with Gasteiger partial charge in [-0.3, -0.25) is 0 Å². The number of benzene rings is 1. The number of anilines is 1. The van der Waals surface area contributed by atoms with Crippen molar-refractivity contribution in [1.82, 2.24) is 0 Å². The molecule has 14 heavy (non-hydrogen) atoms. The van der Waals surface area contributed by atoms with Crippen LogP contribution < -0.4 is 5.73 Å². The monoisotopic (exact) mass is 195 g/mol. The van der Waals surface area contributed by atoms with Crippen LogP contribution in [0, 0.1) is 5.92 Å². The number of hydrogen-bond donors (Lipinski definition) is 1. The minimum Gasteiger partial charge on any atom is -0.399 e. The number of hydrogen-bond acceptors (Lipinski definition) is 2. The normalized spacial score (nSPS) is 23.6. The zero-order chi connectivity index (χ0) is 9.97. The first-order valence-corrected chi connectivity index (χ1v) is 4.84. The summed E-state index contributed by atoms with van der Waals surface area (Å²) in [6.45, 7) is 1.20. The second-order valence-electron chi connectivity index (χ2n) is 3.70. The Bertz CT molecular complexity index is 310. The topological polar surface area (TPSA) is 35.2 Å². The summed E-state index contributed by atoms with van der Waals surface area (Å²) in [4.78, 5) is 0. The fraction of sp³-hybridized carbons (Fsp3) is 0.455. The van der Waals surface area contributed by atoms with Crippen LogP contribution in [0.3, 0.4) is 0 Å². The smallest absolute Gasteiger partial charge is 0.130 e. The molecule has 0 bridgehead atoms. The summed E-state index contributed by atoms with van der Waals surface area (Å²) < 4.78 is 19.0. The quantitative estimate of drug-likeness (QED) is 0.735. The minimum atomic E-state index is -0.944. The highest BCUT2D eigenvalue weighted by Crippen LogP contribution is 2.32. The molecule has 1 heterocycles. The van der Waals surface area contributed by atoms with Gasteiger partial charge in [0.1, 0.15) is 6.17 Å². The van der Waals surface area contributed by atoms with Gasteiger partial charge < -0.3 is 10.5 Å². The Kier molecular flexibility index (Phi) is 2.68. The Balaban J connectivity index is 2.13. The molecule has 0 aromatic heterocycles. The first-order chi connectivity index (χ1) is 6.77. The Hall–Kier alpha value is -1.09. The molecule has 2 nitrogen and oxygen atoms in total. The minimum absolute atomic E-state index is 0.00296. The Morgan fingerprint density at radius 2 is 2.36 bits per heavy atom. The molecule has 0 aliphatic carbocycles. The molecule has 76 valence electrons. The lowest BCUT2D eigenvalue weighted by atomic mass is 9.96. The molecule has 1 aliphatic rings. The zero-order valence-corrected chi connectivity index (χ0v) is 7.95. The summed E-state index contributed by atoms with van der Waals surface area (Å²) in [7, 11) is 0. The van der Waals surface area contributed by atoms with Crippen LogP contribution in [-0.4, -0.2) is 13.2 Å². The average Bonchev–Trinajstić information content (AvgIpc) is 2.69. The van der Waals surface area contributed by atoms with Gasteiger partial charge in [-0.25, -0.2) is 4.39 Å². The van der Waals surface area contributed by atoms with Crippen molar-refractivity contribution in [3.8, 4) is 0 Å². The predicted octanol–water partition coefficient (Wildman–Crippen LogP) is 2.32. The van der Waals surface area contributed by atoms with E-state index < -0.39 is 6.17 Å². The highest BCUT2D eigenvalue weighted by molar-refractivity contribution is 5.41. The van der Waals surface area contributed by atoms with E-state index in [1.807, 2.05) is 0 Å². The van der Waals surface area contributed by atoms with Gasteiger partial charge in [-0.1, -0.05) is 12.1 Å². The maximum atomic E-state index is 13.9. The van der Waals surface area contributed by atoms with E-state index in [4.69, 9.17) is 10.5 Å². The molecule has 0 spiro atoms. The maximum absolute atomic E-state index is 13.9.